The summed E-state index contributed by atoms with van der Waals surface area (Å²) in [4.78, 5) is 0. The van der Waals surface area contributed by atoms with Crippen molar-refractivity contribution >= 4 is 0 Å². The van der Waals surface area contributed by atoms with E-state index in [1.807, 2.05) is 0 Å². The van der Waals surface area contributed by atoms with Gasteiger partial charge in [0, 0.05) is 10.8 Å². The molecule has 2 unspecified atom stereocenters. The van der Waals surface area contributed by atoms with Crippen molar-refractivity contribution in [3.05, 3.63) is 0 Å². The van der Waals surface area contributed by atoms with Crippen molar-refractivity contribution in [3.63, 3.8) is 0 Å². The summed E-state index contributed by atoms with van der Waals surface area (Å²) in [7, 11) is 4.83. The van der Waals surface area contributed by atoms with Gasteiger partial charge in [-0.05, 0) is 33.1 Å². The molecule has 1 heteroatoms. The van der Waals surface area contributed by atoms with E-state index < -0.39 is 0 Å². The summed E-state index contributed by atoms with van der Waals surface area (Å²) in [5, 5.41) is 0. The molecule has 1 nitrogen and oxygen atoms in total. The van der Waals surface area contributed by atoms with Gasteiger partial charge < -0.3 is 4.48 Å². The first-order chi connectivity index (χ1) is 6.75. The number of quaternary nitrogens is 1. The number of hydrogen-bond acceptors (Lipinski definition) is 0. The highest BCUT2D eigenvalue weighted by Crippen LogP contribution is 2.91. The minimum Gasteiger partial charge on any atom is -0.319 e. The summed E-state index contributed by atoms with van der Waals surface area (Å²) in [6.07, 6.45) is 0. The third-order valence-electron chi connectivity index (χ3n) is 8.68. The molecule has 2 aliphatic rings. The van der Waals surface area contributed by atoms with Crippen LogP contribution in [-0.2, 0) is 0 Å². The van der Waals surface area contributed by atoms with Crippen molar-refractivity contribution in [1.82, 2.24) is 0 Å². The van der Waals surface area contributed by atoms with Gasteiger partial charge in [-0.25, -0.2) is 0 Å². The lowest BCUT2D eigenvalue weighted by Crippen LogP contribution is -2.67. The van der Waals surface area contributed by atoms with Crippen LogP contribution in [0, 0.1) is 16.2 Å². The Bertz CT molecular complexity index is 330. The molecule has 0 spiro atoms. The zero-order chi connectivity index (χ0) is 13.0. The molecule has 1 aliphatic carbocycles. The fourth-order valence-corrected chi connectivity index (χ4v) is 5.91. The summed E-state index contributed by atoms with van der Waals surface area (Å²) in [6, 6.07) is 0. The Kier molecular flexibility index (Phi) is 1.75. The largest absolute Gasteiger partial charge is 0.319 e. The van der Waals surface area contributed by atoms with E-state index in [1.54, 1.807) is 0 Å². The topological polar surface area (TPSA) is 0 Å². The van der Waals surface area contributed by atoms with Crippen LogP contribution >= 0.6 is 0 Å². The average molecular weight is 224 g/mol. The van der Waals surface area contributed by atoms with Crippen LogP contribution in [0.4, 0.5) is 0 Å². The predicted molar refractivity (Wildman–Crippen MR) is 70.3 cm³/mol. The van der Waals surface area contributed by atoms with Gasteiger partial charge in [-0.15, -0.1) is 0 Å². The first-order valence-corrected chi connectivity index (χ1v) is 6.59. The second kappa shape index (κ2) is 2.25. The molecule has 0 aromatic rings. The first kappa shape index (κ1) is 12.4. The second-order valence-corrected chi connectivity index (χ2v) is 8.45. The van der Waals surface area contributed by atoms with Gasteiger partial charge in [-0.3, -0.25) is 0 Å². The van der Waals surface area contributed by atoms with Gasteiger partial charge in [0.05, 0.1) is 14.1 Å². The average Bonchev–Trinajstić information content (AvgIpc) is 2.44. The molecule has 94 valence electrons. The molecule has 2 atom stereocenters. The molecular weight excluding hydrogens is 194 g/mol. The van der Waals surface area contributed by atoms with Crippen LogP contribution in [0.5, 0.6) is 0 Å². The van der Waals surface area contributed by atoms with E-state index in [-0.39, 0.29) is 0 Å². The molecule has 0 amide bonds. The van der Waals surface area contributed by atoms with Crippen molar-refractivity contribution in [1.29, 1.82) is 0 Å². The zero-order valence-electron chi connectivity index (χ0n) is 12.9. The van der Waals surface area contributed by atoms with Gasteiger partial charge in [0.2, 0.25) is 0 Å². The number of nitrogens with zero attached hydrogens (tertiary/aromatic N) is 1. The van der Waals surface area contributed by atoms with E-state index in [1.165, 1.54) is 0 Å². The lowest BCUT2D eigenvalue weighted by atomic mass is 9.77. The summed E-state index contributed by atoms with van der Waals surface area (Å²) in [5.41, 5.74) is 1.96. The van der Waals surface area contributed by atoms with Crippen molar-refractivity contribution in [2.24, 2.45) is 16.2 Å². The standard InChI is InChI=1S/C15H30N/c1-11(2)14(7)12(3,4)16(9,10)13(5,6)15(11,14)8/h1-10H3/q+1. The molecule has 0 aromatic carbocycles. The molecule has 16 heavy (non-hydrogen) atoms. The van der Waals surface area contributed by atoms with E-state index >= 15 is 0 Å². The number of fused-ring (bicyclic) bond motifs is 1. The smallest absolute Gasteiger partial charge is 0.100 e. The Balaban J connectivity index is 2.74. The van der Waals surface area contributed by atoms with E-state index in [4.69, 9.17) is 0 Å². The maximum atomic E-state index is 2.52. The fraction of sp³-hybridized carbons (Fsp3) is 1.00. The molecule has 0 radical (unpaired) electrons. The molecule has 1 saturated carbocycles. The van der Waals surface area contributed by atoms with Crippen LogP contribution in [-0.4, -0.2) is 29.7 Å². The Morgan fingerprint density at radius 1 is 0.562 bits per heavy atom. The minimum atomic E-state index is 0.328. The highest BCUT2D eigenvalue weighted by Gasteiger charge is 2.96. The van der Waals surface area contributed by atoms with Gasteiger partial charge in [-0.2, -0.15) is 0 Å². The van der Waals surface area contributed by atoms with Crippen molar-refractivity contribution in [2.75, 3.05) is 14.1 Å². The van der Waals surface area contributed by atoms with Gasteiger partial charge in [0.1, 0.15) is 11.1 Å². The van der Waals surface area contributed by atoms with Gasteiger partial charge in [0.25, 0.3) is 0 Å². The third-order valence-corrected chi connectivity index (χ3v) is 8.68. The van der Waals surface area contributed by atoms with Crippen LogP contribution in [0.2, 0.25) is 0 Å². The Labute approximate surface area is 102 Å². The number of piperidine rings is 1. The molecule has 0 bridgehead atoms. The quantitative estimate of drug-likeness (QED) is 0.551. The monoisotopic (exact) mass is 224 g/mol. The van der Waals surface area contributed by atoms with Crippen LogP contribution in [0.3, 0.4) is 0 Å². The van der Waals surface area contributed by atoms with Crippen molar-refractivity contribution < 1.29 is 4.48 Å². The van der Waals surface area contributed by atoms with E-state index in [0.29, 0.717) is 27.3 Å². The SMILES string of the molecule is CC1(C)C2(C)C1(C)C(C)(C)[N+](C)(C)C2(C)C. The fourth-order valence-electron chi connectivity index (χ4n) is 5.91. The van der Waals surface area contributed by atoms with Crippen molar-refractivity contribution in [2.45, 2.75) is 66.5 Å². The van der Waals surface area contributed by atoms with Gasteiger partial charge >= 0.3 is 0 Å². The zero-order valence-corrected chi connectivity index (χ0v) is 12.9. The van der Waals surface area contributed by atoms with Crippen LogP contribution in [0.25, 0.3) is 0 Å². The second-order valence-electron chi connectivity index (χ2n) is 8.45. The maximum Gasteiger partial charge on any atom is 0.100 e. The summed E-state index contributed by atoms with van der Waals surface area (Å²) >= 11 is 0. The Morgan fingerprint density at radius 3 is 1.00 bits per heavy atom. The highest BCUT2D eigenvalue weighted by atomic mass is 15.5. The highest BCUT2D eigenvalue weighted by molar-refractivity contribution is 5.37. The molecule has 1 heterocycles. The number of rotatable bonds is 0. The van der Waals surface area contributed by atoms with Crippen molar-refractivity contribution in [3.8, 4) is 0 Å². The molecular formula is C15H30N+. The molecule has 1 aliphatic heterocycles. The summed E-state index contributed by atoms with van der Waals surface area (Å²) in [6.45, 7) is 19.8. The predicted octanol–water partition coefficient (Wildman–Crippen LogP) is 3.69. The maximum absolute atomic E-state index is 2.52. The Hall–Kier alpha value is -0.0400. The molecule has 1 saturated heterocycles. The van der Waals surface area contributed by atoms with Gasteiger partial charge in [0.15, 0.2) is 0 Å². The van der Waals surface area contributed by atoms with Crippen LogP contribution < -0.4 is 0 Å². The summed E-state index contributed by atoms with van der Waals surface area (Å²) in [5.74, 6) is 0. The lowest BCUT2D eigenvalue weighted by Gasteiger charge is -2.55. The summed E-state index contributed by atoms with van der Waals surface area (Å²) < 4.78 is 1.12. The first-order valence-electron chi connectivity index (χ1n) is 6.59. The Morgan fingerprint density at radius 2 is 0.812 bits per heavy atom. The van der Waals surface area contributed by atoms with Crippen LogP contribution in [0.15, 0.2) is 0 Å². The number of hydrogen-bond donors (Lipinski definition) is 0. The normalized spacial score (nSPS) is 49.9. The molecule has 2 rings (SSSR count). The van der Waals surface area contributed by atoms with Gasteiger partial charge in [-0.1, -0.05) is 27.7 Å². The molecule has 0 aromatic heterocycles. The molecule has 2 fully saturated rings. The third kappa shape index (κ3) is 0.631. The van der Waals surface area contributed by atoms with E-state index in [0.717, 1.165) is 4.48 Å². The number of likely N-dealkylation sites (tertiary alicyclic amines) is 1. The lowest BCUT2D eigenvalue weighted by molar-refractivity contribution is -0.978. The minimum absolute atomic E-state index is 0.328. The molecule has 0 N–H and O–H groups in total. The van der Waals surface area contributed by atoms with E-state index in [9.17, 15) is 0 Å². The van der Waals surface area contributed by atoms with E-state index in [2.05, 4.69) is 69.5 Å². The van der Waals surface area contributed by atoms with Crippen LogP contribution in [0.1, 0.15) is 55.4 Å².